The van der Waals surface area contributed by atoms with Crippen LogP contribution < -0.4 is 4.74 Å². The molecule has 0 N–H and O–H groups in total. The van der Waals surface area contributed by atoms with Crippen LogP contribution in [0.3, 0.4) is 0 Å². The Morgan fingerprint density at radius 2 is 1.80 bits per heavy atom. The summed E-state index contributed by atoms with van der Waals surface area (Å²) in [5, 5.41) is 0. The van der Waals surface area contributed by atoms with E-state index in [1.807, 2.05) is 24.3 Å². The summed E-state index contributed by atoms with van der Waals surface area (Å²) in [6.45, 7) is -0.0330. The average molecular weight is 412 g/mol. The Bertz CT molecular complexity index is 856. The molecule has 6 heteroatoms. The molecule has 2 aromatic rings. The van der Waals surface area contributed by atoms with Gasteiger partial charge in [0, 0.05) is 18.3 Å². The Kier molecular flexibility index (Phi) is 6.31. The third-order valence-corrected chi connectivity index (χ3v) is 5.91. The summed E-state index contributed by atoms with van der Waals surface area (Å²) >= 11 is 0. The molecule has 1 aliphatic carbocycles. The second kappa shape index (κ2) is 9.28. The Labute approximate surface area is 175 Å². The second-order valence-electron chi connectivity index (χ2n) is 7.90. The van der Waals surface area contributed by atoms with Crippen molar-refractivity contribution in [1.82, 2.24) is 0 Å². The number of alkyl halides is 1. The fourth-order valence-corrected chi connectivity index (χ4v) is 4.43. The van der Waals surface area contributed by atoms with Gasteiger partial charge in [-0.05, 0) is 37.1 Å². The van der Waals surface area contributed by atoms with E-state index in [9.17, 15) is 14.0 Å². The molecule has 2 aromatic carbocycles. The van der Waals surface area contributed by atoms with Gasteiger partial charge in [0.25, 0.3) is 0 Å². The first-order chi connectivity index (χ1) is 14.6. The summed E-state index contributed by atoms with van der Waals surface area (Å²) in [6, 6.07) is 17.9. The van der Waals surface area contributed by atoms with Crippen LogP contribution in [-0.4, -0.2) is 36.9 Å². The molecule has 5 unspecified atom stereocenters. The largest absolute Gasteiger partial charge is 0.491 e. The topological polar surface area (TPSA) is 61.8 Å². The van der Waals surface area contributed by atoms with Crippen molar-refractivity contribution in [3.05, 3.63) is 66.2 Å². The predicted molar refractivity (Wildman–Crippen MR) is 108 cm³/mol. The van der Waals surface area contributed by atoms with Crippen LogP contribution >= 0.6 is 0 Å². The number of benzene rings is 2. The van der Waals surface area contributed by atoms with Crippen molar-refractivity contribution >= 4 is 11.9 Å². The van der Waals surface area contributed by atoms with Crippen molar-refractivity contribution in [1.29, 1.82) is 0 Å². The van der Waals surface area contributed by atoms with Crippen LogP contribution in [0.5, 0.6) is 5.75 Å². The summed E-state index contributed by atoms with van der Waals surface area (Å²) in [5.41, 5.74) is 0.477. The van der Waals surface area contributed by atoms with Gasteiger partial charge >= 0.3 is 11.9 Å². The molecule has 1 saturated carbocycles. The first kappa shape index (κ1) is 20.4. The van der Waals surface area contributed by atoms with E-state index in [0.717, 1.165) is 0 Å². The minimum absolute atomic E-state index is 0.0330. The highest BCUT2D eigenvalue weighted by Gasteiger charge is 2.51. The van der Waals surface area contributed by atoms with Crippen LogP contribution in [0.15, 0.2) is 60.7 Å². The van der Waals surface area contributed by atoms with E-state index >= 15 is 0 Å². The number of rotatable bonds is 8. The zero-order valence-corrected chi connectivity index (χ0v) is 16.6. The van der Waals surface area contributed by atoms with Gasteiger partial charge in [-0.1, -0.05) is 36.4 Å². The molecule has 0 aromatic heterocycles. The number of esters is 2. The molecule has 2 fully saturated rings. The van der Waals surface area contributed by atoms with Crippen LogP contribution in [0.4, 0.5) is 4.39 Å². The maximum Gasteiger partial charge on any atom is 0.338 e. The molecule has 0 spiro atoms. The lowest BCUT2D eigenvalue weighted by molar-refractivity contribution is -0.141. The molecule has 2 aliphatic rings. The third-order valence-electron chi connectivity index (χ3n) is 5.91. The monoisotopic (exact) mass is 412 g/mol. The zero-order chi connectivity index (χ0) is 20.9. The van der Waals surface area contributed by atoms with Crippen LogP contribution in [0.2, 0.25) is 0 Å². The Morgan fingerprint density at radius 3 is 2.53 bits per heavy atom. The van der Waals surface area contributed by atoms with E-state index in [1.54, 1.807) is 36.4 Å². The summed E-state index contributed by atoms with van der Waals surface area (Å²) in [4.78, 5) is 24.2. The van der Waals surface area contributed by atoms with Gasteiger partial charge in [0.05, 0.1) is 12.0 Å². The minimum Gasteiger partial charge on any atom is -0.491 e. The number of fused-ring (bicyclic) bond motifs is 1. The highest BCUT2D eigenvalue weighted by molar-refractivity contribution is 5.89. The molecule has 5 nitrogen and oxygen atoms in total. The van der Waals surface area contributed by atoms with Crippen LogP contribution in [0, 0.1) is 11.8 Å². The zero-order valence-electron chi connectivity index (χ0n) is 16.6. The minimum atomic E-state index is -1.15. The van der Waals surface area contributed by atoms with Gasteiger partial charge in [0.1, 0.15) is 30.7 Å². The van der Waals surface area contributed by atoms with Crippen molar-refractivity contribution in [3.8, 4) is 5.75 Å². The van der Waals surface area contributed by atoms with Crippen LogP contribution in [0.1, 0.15) is 36.0 Å². The first-order valence-electron chi connectivity index (χ1n) is 10.4. The number of hydrogen-bond donors (Lipinski definition) is 0. The van der Waals surface area contributed by atoms with Crippen molar-refractivity contribution in [2.24, 2.45) is 11.8 Å². The molecule has 30 heavy (non-hydrogen) atoms. The molecular formula is C24H25FO5. The fraction of sp³-hybridized carbons (Fsp3) is 0.417. The molecule has 1 heterocycles. The summed E-state index contributed by atoms with van der Waals surface area (Å²) in [6.07, 6.45) is -0.243. The van der Waals surface area contributed by atoms with Gasteiger partial charge < -0.3 is 14.2 Å². The third kappa shape index (κ3) is 4.81. The van der Waals surface area contributed by atoms with Gasteiger partial charge in [-0.3, -0.25) is 4.79 Å². The number of carbonyl (C=O) groups excluding carboxylic acids is 2. The summed E-state index contributed by atoms with van der Waals surface area (Å²) in [5.74, 6) is -0.143. The van der Waals surface area contributed by atoms with Crippen LogP contribution in [0.25, 0.3) is 0 Å². The number of carbonyl (C=O) groups is 2. The van der Waals surface area contributed by atoms with Gasteiger partial charge in [-0.25, -0.2) is 9.18 Å². The highest BCUT2D eigenvalue weighted by atomic mass is 19.1. The number of ether oxygens (including phenoxy) is 3. The molecule has 5 atom stereocenters. The molecule has 0 bridgehead atoms. The molecule has 4 rings (SSSR count). The predicted octanol–water partition coefficient (Wildman–Crippen LogP) is 4.36. The van der Waals surface area contributed by atoms with E-state index in [2.05, 4.69) is 0 Å². The lowest BCUT2D eigenvalue weighted by Gasteiger charge is -2.24. The Morgan fingerprint density at radius 1 is 1.10 bits per heavy atom. The number of hydrogen-bond acceptors (Lipinski definition) is 5. The average Bonchev–Trinajstić information content (AvgIpc) is 3.27. The lowest BCUT2D eigenvalue weighted by atomic mass is 9.87. The van der Waals surface area contributed by atoms with E-state index in [0.29, 0.717) is 30.6 Å². The van der Waals surface area contributed by atoms with Crippen molar-refractivity contribution in [3.63, 3.8) is 0 Å². The van der Waals surface area contributed by atoms with E-state index in [4.69, 9.17) is 14.2 Å². The van der Waals surface area contributed by atoms with Crippen molar-refractivity contribution < 1.29 is 28.2 Å². The Hall–Kier alpha value is -2.89. The molecular weight excluding hydrogens is 387 g/mol. The van der Waals surface area contributed by atoms with E-state index in [1.165, 1.54) is 0 Å². The number of para-hydroxylation sites is 1. The molecule has 1 aliphatic heterocycles. The van der Waals surface area contributed by atoms with Gasteiger partial charge in [0.2, 0.25) is 0 Å². The normalized spacial score (nSPS) is 26.0. The van der Waals surface area contributed by atoms with Gasteiger partial charge in [-0.2, -0.15) is 0 Å². The van der Waals surface area contributed by atoms with Crippen molar-refractivity contribution in [2.75, 3.05) is 6.61 Å². The SMILES string of the molecule is O=C1CC2C(CC(OC(=O)c3ccccc3)C2CCC(F)COc2ccccc2)O1. The van der Waals surface area contributed by atoms with Crippen molar-refractivity contribution in [2.45, 2.75) is 44.1 Å². The maximum atomic E-state index is 14.5. The second-order valence-corrected chi connectivity index (χ2v) is 7.90. The molecule has 158 valence electrons. The Balaban J connectivity index is 1.35. The maximum absolute atomic E-state index is 14.5. The molecule has 0 amide bonds. The van der Waals surface area contributed by atoms with Crippen LogP contribution in [-0.2, 0) is 14.3 Å². The quantitative estimate of drug-likeness (QED) is 0.603. The summed E-state index contributed by atoms with van der Waals surface area (Å²) < 4.78 is 31.1. The van der Waals surface area contributed by atoms with E-state index in [-0.39, 0.29) is 43.0 Å². The fourth-order valence-electron chi connectivity index (χ4n) is 4.43. The molecule has 0 radical (unpaired) electrons. The summed E-state index contributed by atoms with van der Waals surface area (Å²) in [7, 11) is 0. The van der Waals surface area contributed by atoms with Gasteiger partial charge in [0.15, 0.2) is 0 Å². The first-order valence-corrected chi connectivity index (χ1v) is 10.4. The smallest absolute Gasteiger partial charge is 0.338 e. The van der Waals surface area contributed by atoms with Gasteiger partial charge in [-0.15, -0.1) is 0 Å². The lowest BCUT2D eigenvalue weighted by Crippen LogP contribution is -2.27. The standard InChI is InChI=1S/C24H25FO5/c25-17(15-28-18-9-5-2-6-10-18)11-12-19-20-13-23(26)29-22(20)14-21(19)30-24(27)16-7-3-1-4-8-16/h1-10,17,19-22H,11-15H2. The van der Waals surface area contributed by atoms with E-state index < -0.39 is 12.1 Å². The molecule has 1 saturated heterocycles. The highest BCUT2D eigenvalue weighted by Crippen LogP contribution is 2.45. The number of halogens is 1.